The van der Waals surface area contributed by atoms with Crippen molar-refractivity contribution in [2.24, 2.45) is 11.7 Å². The first-order chi connectivity index (χ1) is 10.4. The van der Waals surface area contributed by atoms with Gasteiger partial charge in [-0.15, -0.1) is 12.4 Å². The molecule has 1 unspecified atom stereocenters. The highest BCUT2D eigenvalue weighted by Gasteiger charge is 2.27. The Morgan fingerprint density at radius 1 is 1.25 bits per heavy atom. The van der Waals surface area contributed by atoms with Crippen LogP contribution in [0.2, 0.25) is 0 Å². The lowest BCUT2D eigenvalue weighted by Gasteiger charge is -2.21. The summed E-state index contributed by atoms with van der Waals surface area (Å²) in [6.45, 7) is 6.30. The number of benzene rings is 1. The van der Waals surface area contributed by atoms with Crippen molar-refractivity contribution in [3.8, 4) is 0 Å². The molecule has 1 atom stereocenters. The first kappa shape index (κ1) is 22.7. The van der Waals surface area contributed by atoms with E-state index in [2.05, 4.69) is 10.0 Å². The third kappa shape index (κ3) is 5.97. The smallest absolute Gasteiger partial charge is 0.244 e. The number of sulfonamides is 1. The lowest BCUT2D eigenvalue weighted by Crippen LogP contribution is -2.40. The van der Waals surface area contributed by atoms with E-state index in [1.807, 2.05) is 0 Å². The maximum absolute atomic E-state index is 13.9. The molecule has 1 aromatic rings. The fourth-order valence-corrected chi connectivity index (χ4v) is 3.16. The van der Waals surface area contributed by atoms with Crippen LogP contribution in [0.4, 0.5) is 14.5 Å². The van der Waals surface area contributed by atoms with Crippen molar-refractivity contribution in [1.29, 1.82) is 0 Å². The molecule has 0 aliphatic rings. The molecule has 1 amide bonds. The number of anilines is 1. The normalized spacial score (nSPS) is 13.1. The number of halogens is 3. The quantitative estimate of drug-likeness (QED) is 0.721. The lowest BCUT2D eigenvalue weighted by atomic mass is 10.1. The van der Waals surface area contributed by atoms with E-state index in [1.54, 1.807) is 20.8 Å². The topological polar surface area (TPSA) is 101 Å². The molecule has 0 spiro atoms. The van der Waals surface area contributed by atoms with Crippen LogP contribution < -0.4 is 15.8 Å². The molecule has 0 saturated heterocycles. The van der Waals surface area contributed by atoms with Crippen LogP contribution in [-0.4, -0.2) is 26.4 Å². The minimum absolute atomic E-state index is 0. The fraction of sp³-hybridized carbons (Fsp3) is 0.500. The molecule has 6 nitrogen and oxygen atoms in total. The highest BCUT2D eigenvalue weighted by molar-refractivity contribution is 7.89. The predicted octanol–water partition coefficient (Wildman–Crippen LogP) is 2.00. The zero-order valence-electron chi connectivity index (χ0n) is 13.8. The minimum atomic E-state index is -4.22. The van der Waals surface area contributed by atoms with Crippen molar-refractivity contribution >= 4 is 34.0 Å². The lowest BCUT2D eigenvalue weighted by molar-refractivity contribution is -0.119. The number of hydrogen-bond acceptors (Lipinski definition) is 4. The molecule has 0 aliphatic heterocycles. The Morgan fingerprint density at radius 2 is 1.79 bits per heavy atom. The Hall–Kier alpha value is -1.29. The van der Waals surface area contributed by atoms with E-state index in [0.717, 1.165) is 6.07 Å². The van der Waals surface area contributed by atoms with Crippen molar-refractivity contribution < 1.29 is 22.0 Å². The van der Waals surface area contributed by atoms with E-state index < -0.39 is 49.6 Å². The zero-order valence-corrected chi connectivity index (χ0v) is 15.4. The number of amides is 1. The van der Waals surface area contributed by atoms with Gasteiger partial charge >= 0.3 is 0 Å². The summed E-state index contributed by atoms with van der Waals surface area (Å²) in [6.07, 6.45) is 0. The van der Waals surface area contributed by atoms with Crippen LogP contribution in [0.1, 0.15) is 27.7 Å². The molecule has 0 aliphatic carbocycles. The van der Waals surface area contributed by atoms with Gasteiger partial charge < -0.3 is 11.1 Å². The molecule has 0 saturated carbocycles. The van der Waals surface area contributed by atoms with Gasteiger partial charge in [0.15, 0.2) is 0 Å². The summed E-state index contributed by atoms with van der Waals surface area (Å²) < 4.78 is 54.3. The maximum Gasteiger partial charge on any atom is 0.244 e. The van der Waals surface area contributed by atoms with E-state index in [1.165, 1.54) is 6.92 Å². The number of carbonyl (C=O) groups is 1. The fourth-order valence-electron chi connectivity index (χ4n) is 1.65. The Labute approximate surface area is 146 Å². The molecule has 1 rings (SSSR count). The summed E-state index contributed by atoms with van der Waals surface area (Å²) >= 11 is 0. The van der Waals surface area contributed by atoms with Gasteiger partial charge in [-0.2, -0.15) is 0 Å². The molecule has 0 heterocycles. The Morgan fingerprint density at radius 3 is 2.25 bits per heavy atom. The summed E-state index contributed by atoms with van der Waals surface area (Å²) in [5.74, 6) is -3.52. The van der Waals surface area contributed by atoms with Gasteiger partial charge in [0.25, 0.3) is 0 Å². The van der Waals surface area contributed by atoms with Gasteiger partial charge in [0.05, 0.1) is 5.69 Å². The Balaban J connectivity index is 0.00000529. The Kier molecular flexibility index (Phi) is 7.75. The van der Waals surface area contributed by atoms with Crippen molar-refractivity contribution in [2.75, 3.05) is 11.9 Å². The Bertz CT molecular complexity index is 706. The van der Waals surface area contributed by atoms with Gasteiger partial charge in [0.2, 0.25) is 15.9 Å². The van der Waals surface area contributed by atoms with Crippen LogP contribution in [0.25, 0.3) is 0 Å². The summed E-state index contributed by atoms with van der Waals surface area (Å²) in [4.78, 5) is 11.0. The van der Waals surface area contributed by atoms with Crippen LogP contribution in [-0.2, 0) is 14.8 Å². The SMILES string of the molecule is CC(CN)C(=O)Nc1cc(S(=O)(=O)NC(C)(C)C)c(F)cc1F.Cl. The largest absolute Gasteiger partial charge is 0.330 e. The van der Waals surface area contributed by atoms with Crippen molar-refractivity contribution in [3.05, 3.63) is 23.8 Å². The van der Waals surface area contributed by atoms with Crippen molar-refractivity contribution in [1.82, 2.24) is 4.72 Å². The highest BCUT2D eigenvalue weighted by atomic mass is 35.5. The summed E-state index contributed by atoms with van der Waals surface area (Å²) in [5.41, 5.74) is 4.06. The highest BCUT2D eigenvalue weighted by Crippen LogP contribution is 2.24. The first-order valence-corrected chi connectivity index (χ1v) is 8.39. The molecule has 10 heteroatoms. The second-order valence-corrected chi connectivity index (χ2v) is 7.89. The van der Waals surface area contributed by atoms with Crippen molar-refractivity contribution in [3.63, 3.8) is 0 Å². The molecular formula is C14H22ClF2N3O3S. The van der Waals surface area contributed by atoms with E-state index in [-0.39, 0.29) is 19.0 Å². The van der Waals surface area contributed by atoms with Crippen molar-refractivity contribution in [2.45, 2.75) is 38.1 Å². The second-order valence-electron chi connectivity index (χ2n) is 6.24. The molecule has 0 radical (unpaired) electrons. The molecule has 1 aromatic carbocycles. The molecule has 138 valence electrons. The molecule has 24 heavy (non-hydrogen) atoms. The zero-order chi connectivity index (χ0) is 18.0. The average molecular weight is 386 g/mol. The molecule has 0 fully saturated rings. The van der Waals surface area contributed by atoms with Crippen LogP contribution in [0, 0.1) is 17.6 Å². The third-order valence-electron chi connectivity index (χ3n) is 2.81. The van der Waals surface area contributed by atoms with Gasteiger partial charge in [-0.1, -0.05) is 6.92 Å². The first-order valence-electron chi connectivity index (χ1n) is 6.91. The van der Waals surface area contributed by atoms with Gasteiger partial charge in [0, 0.05) is 24.1 Å². The van der Waals surface area contributed by atoms with Crippen LogP contribution in [0.5, 0.6) is 0 Å². The molecular weight excluding hydrogens is 364 g/mol. The van der Waals surface area contributed by atoms with Gasteiger partial charge in [-0.25, -0.2) is 21.9 Å². The van der Waals surface area contributed by atoms with E-state index in [9.17, 15) is 22.0 Å². The third-order valence-corrected chi connectivity index (χ3v) is 4.58. The van der Waals surface area contributed by atoms with Crippen LogP contribution in [0.3, 0.4) is 0 Å². The minimum Gasteiger partial charge on any atom is -0.330 e. The molecule has 0 bridgehead atoms. The number of nitrogens with two attached hydrogens (primary N) is 1. The summed E-state index contributed by atoms with van der Waals surface area (Å²) in [5, 5.41) is 2.21. The van der Waals surface area contributed by atoms with Crippen LogP contribution in [0.15, 0.2) is 17.0 Å². The van der Waals surface area contributed by atoms with E-state index in [4.69, 9.17) is 5.73 Å². The van der Waals surface area contributed by atoms with E-state index >= 15 is 0 Å². The second kappa shape index (κ2) is 8.19. The molecule has 4 N–H and O–H groups in total. The van der Waals surface area contributed by atoms with Crippen LogP contribution >= 0.6 is 12.4 Å². The number of hydrogen-bond donors (Lipinski definition) is 3. The van der Waals surface area contributed by atoms with Gasteiger partial charge in [-0.3, -0.25) is 4.79 Å². The number of rotatable bonds is 5. The standard InChI is InChI=1S/C14H21F2N3O3S.ClH/c1-8(7-17)13(20)18-11-6-12(10(16)5-9(11)15)23(21,22)19-14(2,3)4;/h5-6,8,19H,7,17H2,1-4H3,(H,18,20);1H. The van der Waals surface area contributed by atoms with E-state index in [0.29, 0.717) is 6.07 Å². The predicted molar refractivity (Wildman–Crippen MR) is 90.5 cm³/mol. The number of nitrogens with one attached hydrogen (secondary N) is 2. The molecule has 0 aromatic heterocycles. The van der Waals surface area contributed by atoms with Gasteiger partial charge in [0.1, 0.15) is 16.5 Å². The van der Waals surface area contributed by atoms with Gasteiger partial charge in [-0.05, 0) is 26.8 Å². The maximum atomic E-state index is 13.9. The average Bonchev–Trinajstić information content (AvgIpc) is 2.37. The summed E-state index contributed by atoms with van der Waals surface area (Å²) in [6, 6.07) is 1.17. The summed E-state index contributed by atoms with van der Waals surface area (Å²) in [7, 11) is -4.22. The monoisotopic (exact) mass is 385 g/mol. The number of carbonyl (C=O) groups excluding carboxylic acids is 1.